The quantitative estimate of drug-likeness (QED) is 0.550. The molecule has 2 aromatic carbocycles. The highest BCUT2D eigenvalue weighted by molar-refractivity contribution is 7.89. The van der Waals surface area contributed by atoms with Gasteiger partial charge in [-0.15, -0.1) is 0 Å². The number of carbonyl (C=O) groups excluding carboxylic acids is 1. The molecule has 0 spiro atoms. The standard InChI is InChI=1S/C21H28N2O4S/c1-3-5-6-9-16-22-28(25,26)18-14-12-17(13-15-18)23-21(24)19-10-7-8-11-20(19)27-4-2/h7-8,10-15,22H,3-6,9,16H2,1-2H3,(H,23,24). The van der Waals surface area contributed by atoms with Gasteiger partial charge in [0, 0.05) is 12.2 Å². The van der Waals surface area contributed by atoms with Crippen LogP contribution in [0.15, 0.2) is 53.4 Å². The summed E-state index contributed by atoms with van der Waals surface area (Å²) in [5.74, 6) is 0.197. The van der Waals surface area contributed by atoms with Gasteiger partial charge in [0.1, 0.15) is 5.75 Å². The summed E-state index contributed by atoms with van der Waals surface area (Å²) >= 11 is 0. The molecule has 0 unspecified atom stereocenters. The van der Waals surface area contributed by atoms with Crippen molar-refractivity contribution in [1.82, 2.24) is 4.72 Å². The first-order valence-electron chi connectivity index (χ1n) is 9.60. The second kappa shape index (κ2) is 10.8. The first-order valence-corrected chi connectivity index (χ1v) is 11.1. The van der Waals surface area contributed by atoms with E-state index in [4.69, 9.17) is 4.74 Å². The van der Waals surface area contributed by atoms with Crippen LogP contribution >= 0.6 is 0 Å². The van der Waals surface area contributed by atoms with Gasteiger partial charge >= 0.3 is 0 Å². The first-order chi connectivity index (χ1) is 13.5. The highest BCUT2D eigenvalue weighted by Gasteiger charge is 2.15. The molecular weight excluding hydrogens is 376 g/mol. The van der Waals surface area contributed by atoms with Crippen LogP contribution in [-0.2, 0) is 10.0 Å². The average Bonchev–Trinajstić information content (AvgIpc) is 2.69. The maximum absolute atomic E-state index is 12.5. The van der Waals surface area contributed by atoms with Crippen LogP contribution in [0.1, 0.15) is 49.9 Å². The molecule has 0 bridgehead atoms. The maximum Gasteiger partial charge on any atom is 0.259 e. The average molecular weight is 405 g/mol. The maximum atomic E-state index is 12.5. The zero-order valence-corrected chi connectivity index (χ0v) is 17.2. The van der Waals surface area contributed by atoms with Gasteiger partial charge < -0.3 is 10.1 Å². The normalized spacial score (nSPS) is 11.2. The predicted molar refractivity (Wildman–Crippen MR) is 111 cm³/mol. The summed E-state index contributed by atoms with van der Waals surface area (Å²) in [4.78, 5) is 12.7. The zero-order chi connectivity index (χ0) is 20.4. The number of rotatable bonds is 11. The molecule has 0 heterocycles. The number of benzene rings is 2. The molecule has 0 aliphatic carbocycles. The SMILES string of the molecule is CCCCCCNS(=O)(=O)c1ccc(NC(=O)c2ccccc2OCC)cc1. The van der Waals surface area contributed by atoms with E-state index in [0.29, 0.717) is 30.2 Å². The minimum atomic E-state index is -3.54. The van der Waals surface area contributed by atoms with Gasteiger partial charge in [-0.1, -0.05) is 38.3 Å². The zero-order valence-electron chi connectivity index (χ0n) is 16.4. The number of hydrogen-bond acceptors (Lipinski definition) is 4. The lowest BCUT2D eigenvalue weighted by Gasteiger charge is -2.11. The van der Waals surface area contributed by atoms with E-state index in [9.17, 15) is 13.2 Å². The Morgan fingerprint density at radius 3 is 2.36 bits per heavy atom. The van der Waals surface area contributed by atoms with Crippen molar-refractivity contribution in [2.24, 2.45) is 0 Å². The van der Waals surface area contributed by atoms with E-state index < -0.39 is 10.0 Å². The van der Waals surface area contributed by atoms with E-state index in [2.05, 4.69) is 17.0 Å². The lowest BCUT2D eigenvalue weighted by atomic mass is 10.2. The third-order valence-corrected chi connectivity index (χ3v) is 5.65. The Hall–Kier alpha value is -2.38. The van der Waals surface area contributed by atoms with Crippen LogP contribution in [-0.4, -0.2) is 27.5 Å². The van der Waals surface area contributed by atoms with Crippen molar-refractivity contribution in [2.45, 2.75) is 44.4 Å². The van der Waals surface area contributed by atoms with E-state index in [1.807, 2.05) is 6.92 Å². The van der Waals surface area contributed by atoms with E-state index in [-0.39, 0.29) is 10.8 Å². The summed E-state index contributed by atoms with van der Waals surface area (Å²) in [5, 5.41) is 2.77. The third-order valence-electron chi connectivity index (χ3n) is 4.18. The van der Waals surface area contributed by atoms with Crippen molar-refractivity contribution in [3.8, 4) is 5.75 Å². The molecule has 0 saturated carbocycles. The van der Waals surface area contributed by atoms with Gasteiger partial charge in [-0.05, 0) is 49.7 Å². The van der Waals surface area contributed by atoms with Crippen molar-refractivity contribution in [3.05, 3.63) is 54.1 Å². The van der Waals surface area contributed by atoms with Crippen molar-refractivity contribution in [1.29, 1.82) is 0 Å². The fourth-order valence-corrected chi connectivity index (χ4v) is 3.77. The number of amides is 1. The van der Waals surface area contributed by atoms with Gasteiger partial charge in [-0.25, -0.2) is 13.1 Å². The monoisotopic (exact) mass is 404 g/mol. The van der Waals surface area contributed by atoms with Crippen LogP contribution < -0.4 is 14.8 Å². The summed E-state index contributed by atoms with van der Waals surface area (Å²) in [6.45, 7) is 4.85. The van der Waals surface area contributed by atoms with Crippen molar-refractivity contribution in [2.75, 3.05) is 18.5 Å². The Bertz CT molecular complexity index is 864. The number of hydrogen-bond donors (Lipinski definition) is 2. The van der Waals surface area contributed by atoms with E-state index in [1.165, 1.54) is 12.1 Å². The number of nitrogens with one attached hydrogen (secondary N) is 2. The van der Waals surface area contributed by atoms with Crippen molar-refractivity contribution >= 4 is 21.6 Å². The van der Waals surface area contributed by atoms with Gasteiger partial charge in [0.25, 0.3) is 5.91 Å². The Kier molecular flexibility index (Phi) is 8.47. The van der Waals surface area contributed by atoms with Gasteiger partial charge in [0.05, 0.1) is 17.1 Å². The second-order valence-electron chi connectivity index (χ2n) is 6.37. The molecule has 0 radical (unpaired) electrons. The Morgan fingerprint density at radius 2 is 1.68 bits per heavy atom. The molecule has 0 aliphatic rings. The Labute approximate surface area is 167 Å². The minimum Gasteiger partial charge on any atom is -0.493 e. The second-order valence-corrected chi connectivity index (χ2v) is 8.13. The number of sulfonamides is 1. The van der Waals surface area contributed by atoms with E-state index in [0.717, 1.165) is 25.7 Å². The van der Waals surface area contributed by atoms with Crippen LogP contribution in [0.3, 0.4) is 0 Å². The van der Waals surface area contributed by atoms with Gasteiger partial charge in [-0.2, -0.15) is 0 Å². The molecule has 1 amide bonds. The van der Waals surface area contributed by atoms with Gasteiger partial charge in [0.15, 0.2) is 0 Å². The molecule has 28 heavy (non-hydrogen) atoms. The van der Waals surface area contributed by atoms with Crippen LogP contribution in [0.5, 0.6) is 5.75 Å². The lowest BCUT2D eigenvalue weighted by Crippen LogP contribution is -2.24. The molecule has 0 aliphatic heterocycles. The van der Waals surface area contributed by atoms with Crippen molar-refractivity contribution in [3.63, 3.8) is 0 Å². The highest BCUT2D eigenvalue weighted by Crippen LogP contribution is 2.20. The molecule has 0 atom stereocenters. The summed E-state index contributed by atoms with van der Waals surface area (Å²) in [7, 11) is -3.54. The topological polar surface area (TPSA) is 84.5 Å². The summed E-state index contributed by atoms with van der Waals surface area (Å²) < 4.78 is 32.7. The molecule has 2 rings (SSSR count). The Morgan fingerprint density at radius 1 is 0.964 bits per heavy atom. The van der Waals surface area contributed by atoms with E-state index in [1.54, 1.807) is 36.4 Å². The fraction of sp³-hybridized carbons (Fsp3) is 0.381. The molecule has 7 heteroatoms. The first kappa shape index (κ1) is 21.9. The molecule has 152 valence electrons. The van der Waals surface area contributed by atoms with Crippen molar-refractivity contribution < 1.29 is 17.9 Å². The molecule has 2 aromatic rings. The lowest BCUT2D eigenvalue weighted by molar-refractivity contribution is 0.102. The predicted octanol–water partition coefficient (Wildman–Crippen LogP) is 4.20. The van der Waals surface area contributed by atoms with Crippen LogP contribution in [0.2, 0.25) is 0 Å². The van der Waals surface area contributed by atoms with Gasteiger partial charge in [-0.3, -0.25) is 4.79 Å². The van der Waals surface area contributed by atoms with E-state index >= 15 is 0 Å². The van der Waals surface area contributed by atoms with Gasteiger partial charge in [0.2, 0.25) is 10.0 Å². The number of anilines is 1. The molecule has 0 saturated heterocycles. The highest BCUT2D eigenvalue weighted by atomic mass is 32.2. The smallest absolute Gasteiger partial charge is 0.259 e. The molecular formula is C21H28N2O4S. The van der Waals surface area contributed by atoms with Crippen LogP contribution in [0.4, 0.5) is 5.69 Å². The summed E-state index contributed by atoms with van der Waals surface area (Å²) in [6, 6.07) is 13.1. The molecule has 0 aromatic heterocycles. The summed E-state index contributed by atoms with van der Waals surface area (Å²) in [6.07, 6.45) is 4.03. The molecule has 6 nitrogen and oxygen atoms in total. The Balaban J connectivity index is 1.99. The fourth-order valence-electron chi connectivity index (χ4n) is 2.69. The number of carbonyl (C=O) groups is 1. The van der Waals surface area contributed by atoms with Crippen LogP contribution in [0.25, 0.3) is 0 Å². The number of para-hydroxylation sites is 1. The third kappa shape index (κ3) is 6.35. The molecule has 2 N–H and O–H groups in total. The number of ether oxygens (including phenoxy) is 1. The molecule has 0 fully saturated rings. The summed E-state index contributed by atoms with van der Waals surface area (Å²) in [5.41, 5.74) is 0.938. The minimum absolute atomic E-state index is 0.177. The largest absolute Gasteiger partial charge is 0.493 e. The number of unbranched alkanes of at least 4 members (excludes halogenated alkanes) is 3. The van der Waals surface area contributed by atoms with Crippen LogP contribution in [0, 0.1) is 0 Å².